The largest absolute Gasteiger partial charge is 0.339 e. The van der Waals surface area contributed by atoms with E-state index in [1.165, 1.54) is 6.42 Å². The van der Waals surface area contributed by atoms with Crippen LogP contribution in [-0.4, -0.2) is 42.5 Å². The van der Waals surface area contributed by atoms with Crippen molar-refractivity contribution in [3.63, 3.8) is 0 Å². The Labute approximate surface area is 164 Å². The second-order valence-electron chi connectivity index (χ2n) is 6.77. The van der Waals surface area contributed by atoms with Crippen LogP contribution in [0, 0.1) is 12.8 Å². The number of nitrogens with zero attached hydrogens (tertiary/aromatic N) is 2. The molecular weight excluding hydrogens is 362 g/mol. The maximum Gasteiger partial charge on any atom is 0.254 e. The number of benzene rings is 1. The van der Waals surface area contributed by atoms with Gasteiger partial charge in [-0.3, -0.25) is 4.79 Å². The molecule has 140 valence electrons. The Bertz CT molecular complexity index is 723. The number of hydrogen-bond donors (Lipinski definition) is 1. The van der Waals surface area contributed by atoms with Crippen molar-refractivity contribution in [3.05, 3.63) is 45.9 Å². The number of carbonyl (C=O) groups is 1. The van der Waals surface area contributed by atoms with Crippen LogP contribution in [-0.2, 0) is 5.75 Å². The smallest absolute Gasteiger partial charge is 0.254 e. The molecule has 1 saturated heterocycles. The zero-order chi connectivity index (χ0) is 18.4. The molecule has 1 N–H and O–H groups in total. The molecule has 26 heavy (non-hydrogen) atoms. The number of rotatable bonds is 7. The lowest BCUT2D eigenvalue weighted by Crippen LogP contribution is -2.39. The van der Waals surface area contributed by atoms with E-state index >= 15 is 0 Å². The highest BCUT2D eigenvalue weighted by Gasteiger charge is 2.24. The maximum atomic E-state index is 13.0. The molecule has 0 radical (unpaired) electrons. The quantitative estimate of drug-likeness (QED) is 0.721. The summed E-state index contributed by atoms with van der Waals surface area (Å²) in [4.78, 5) is 20.6. The summed E-state index contributed by atoms with van der Waals surface area (Å²) in [5.74, 6) is 1.72. The summed E-state index contributed by atoms with van der Waals surface area (Å²) in [6.45, 7) is 4.83. The molecule has 0 atom stereocenters. The van der Waals surface area contributed by atoms with E-state index in [1.54, 1.807) is 23.1 Å². The molecule has 1 aliphatic rings. The molecule has 1 fully saturated rings. The topological polar surface area (TPSA) is 45.2 Å². The SMILES string of the molecule is CNCCC1CCN(C(=O)c2ccccc2SCc2csc(C)n2)CC1. The van der Waals surface area contributed by atoms with Gasteiger partial charge in [-0.05, 0) is 57.8 Å². The first-order valence-corrected chi connectivity index (χ1v) is 11.1. The van der Waals surface area contributed by atoms with E-state index < -0.39 is 0 Å². The van der Waals surface area contributed by atoms with E-state index in [0.717, 1.165) is 65.3 Å². The first-order chi connectivity index (χ1) is 12.7. The average Bonchev–Trinajstić information content (AvgIpc) is 3.10. The normalized spacial score (nSPS) is 15.4. The fourth-order valence-electron chi connectivity index (χ4n) is 3.34. The average molecular weight is 390 g/mol. The number of hydrogen-bond acceptors (Lipinski definition) is 5. The second kappa shape index (κ2) is 9.53. The van der Waals surface area contributed by atoms with Gasteiger partial charge in [0.25, 0.3) is 5.91 Å². The van der Waals surface area contributed by atoms with Gasteiger partial charge < -0.3 is 10.2 Å². The molecule has 1 aromatic heterocycles. The Morgan fingerprint density at radius 3 is 2.81 bits per heavy atom. The molecule has 2 heterocycles. The van der Waals surface area contributed by atoms with Crippen molar-refractivity contribution in [1.82, 2.24) is 15.2 Å². The van der Waals surface area contributed by atoms with Gasteiger partial charge in [0.05, 0.1) is 16.3 Å². The number of thioether (sulfide) groups is 1. The molecular formula is C20H27N3OS2. The minimum absolute atomic E-state index is 0.176. The summed E-state index contributed by atoms with van der Waals surface area (Å²) in [6, 6.07) is 7.99. The van der Waals surface area contributed by atoms with Gasteiger partial charge in [0.15, 0.2) is 0 Å². The van der Waals surface area contributed by atoms with Crippen LogP contribution in [0.1, 0.15) is 40.3 Å². The lowest BCUT2D eigenvalue weighted by Gasteiger charge is -2.32. The molecule has 0 bridgehead atoms. The Morgan fingerprint density at radius 1 is 1.35 bits per heavy atom. The zero-order valence-electron chi connectivity index (χ0n) is 15.5. The Morgan fingerprint density at radius 2 is 2.12 bits per heavy atom. The lowest BCUT2D eigenvalue weighted by molar-refractivity contribution is 0.0683. The highest BCUT2D eigenvalue weighted by molar-refractivity contribution is 7.98. The standard InChI is InChI=1S/C20H27N3OS2/c1-15-22-17(13-25-15)14-26-19-6-4-3-5-18(19)20(24)23-11-8-16(9-12-23)7-10-21-2/h3-6,13,16,21H,7-12,14H2,1-2H3. The molecule has 3 rings (SSSR count). The first kappa shape index (κ1) is 19.4. The maximum absolute atomic E-state index is 13.0. The van der Waals surface area contributed by atoms with Gasteiger partial charge in [-0.25, -0.2) is 4.98 Å². The second-order valence-corrected chi connectivity index (χ2v) is 8.85. The van der Waals surface area contributed by atoms with Gasteiger partial charge in [-0.2, -0.15) is 0 Å². The van der Waals surface area contributed by atoms with Crippen LogP contribution < -0.4 is 5.32 Å². The van der Waals surface area contributed by atoms with Crippen LogP contribution in [0.5, 0.6) is 0 Å². The molecule has 0 aliphatic carbocycles. The molecule has 1 aliphatic heterocycles. The summed E-state index contributed by atoms with van der Waals surface area (Å²) in [5.41, 5.74) is 1.92. The lowest BCUT2D eigenvalue weighted by atomic mass is 9.93. The number of thiazole rings is 1. The van der Waals surface area contributed by atoms with Gasteiger partial charge in [-0.1, -0.05) is 12.1 Å². The van der Waals surface area contributed by atoms with Crippen molar-refractivity contribution in [1.29, 1.82) is 0 Å². The third kappa shape index (κ3) is 5.09. The van der Waals surface area contributed by atoms with E-state index in [0.29, 0.717) is 0 Å². The van der Waals surface area contributed by atoms with Crippen LogP contribution in [0.25, 0.3) is 0 Å². The van der Waals surface area contributed by atoms with Crippen LogP contribution in [0.15, 0.2) is 34.5 Å². The van der Waals surface area contributed by atoms with Gasteiger partial charge in [0.1, 0.15) is 0 Å². The van der Waals surface area contributed by atoms with E-state index in [4.69, 9.17) is 0 Å². The van der Waals surface area contributed by atoms with Gasteiger partial charge in [0, 0.05) is 29.1 Å². The molecule has 1 amide bonds. The minimum atomic E-state index is 0.176. The third-order valence-electron chi connectivity index (χ3n) is 4.86. The molecule has 2 aromatic rings. The van der Waals surface area contributed by atoms with Crippen molar-refractivity contribution >= 4 is 29.0 Å². The minimum Gasteiger partial charge on any atom is -0.339 e. The zero-order valence-corrected chi connectivity index (χ0v) is 17.2. The number of carbonyl (C=O) groups excluding carboxylic acids is 1. The number of likely N-dealkylation sites (tertiary alicyclic amines) is 1. The van der Waals surface area contributed by atoms with Gasteiger partial charge >= 0.3 is 0 Å². The monoisotopic (exact) mass is 389 g/mol. The Hall–Kier alpha value is -1.37. The first-order valence-electron chi connectivity index (χ1n) is 9.24. The summed E-state index contributed by atoms with van der Waals surface area (Å²) < 4.78 is 0. The molecule has 4 nitrogen and oxygen atoms in total. The number of aromatic nitrogens is 1. The van der Waals surface area contributed by atoms with Gasteiger partial charge in [0.2, 0.25) is 0 Å². The van der Waals surface area contributed by atoms with Crippen LogP contribution in [0.3, 0.4) is 0 Å². The van der Waals surface area contributed by atoms with Crippen LogP contribution in [0.4, 0.5) is 0 Å². The van der Waals surface area contributed by atoms with Crippen molar-refractivity contribution in [2.45, 2.75) is 36.8 Å². The van der Waals surface area contributed by atoms with E-state index in [1.807, 2.05) is 37.1 Å². The van der Waals surface area contributed by atoms with Crippen molar-refractivity contribution in [3.8, 4) is 0 Å². The van der Waals surface area contributed by atoms with E-state index in [2.05, 4.69) is 21.7 Å². The molecule has 6 heteroatoms. The van der Waals surface area contributed by atoms with Crippen LogP contribution in [0.2, 0.25) is 0 Å². The predicted octanol–water partition coefficient (Wildman–Crippen LogP) is 4.21. The van der Waals surface area contributed by atoms with Crippen LogP contribution >= 0.6 is 23.1 Å². The molecule has 0 saturated carbocycles. The molecule has 0 spiro atoms. The Balaban J connectivity index is 1.61. The van der Waals surface area contributed by atoms with E-state index in [9.17, 15) is 4.79 Å². The van der Waals surface area contributed by atoms with Crippen molar-refractivity contribution in [2.24, 2.45) is 5.92 Å². The number of amides is 1. The van der Waals surface area contributed by atoms with Gasteiger partial charge in [-0.15, -0.1) is 23.1 Å². The molecule has 0 unspecified atom stereocenters. The summed E-state index contributed by atoms with van der Waals surface area (Å²) in [7, 11) is 2.00. The summed E-state index contributed by atoms with van der Waals surface area (Å²) in [5, 5.41) is 6.41. The highest BCUT2D eigenvalue weighted by atomic mass is 32.2. The fourth-order valence-corrected chi connectivity index (χ4v) is 4.99. The summed E-state index contributed by atoms with van der Waals surface area (Å²) in [6.07, 6.45) is 3.43. The number of aryl methyl sites for hydroxylation is 1. The van der Waals surface area contributed by atoms with Crippen molar-refractivity contribution < 1.29 is 4.79 Å². The number of piperidine rings is 1. The van der Waals surface area contributed by atoms with E-state index in [-0.39, 0.29) is 5.91 Å². The molecule has 1 aromatic carbocycles. The van der Waals surface area contributed by atoms with Crippen molar-refractivity contribution in [2.75, 3.05) is 26.7 Å². The summed E-state index contributed by atoms with van der Waals surface area (Å²) >= 11 is 3.38. The fraction of sp³-hybridized carbons (Fsp3) is 0.500. The highest BCUT2D eigenvalue weighted by Crippen LogP contribution is 2.29. The third-order valence-corrected chi connectivity index (χ3v) is 6.79. The number of nitrogens with one attached hydrogen (secondary N) is 1. The Kier molecular flexibility index (Phi) is 7.11. The predicted molar refractivity (Wildman–Crippen MR) is 110 cm³/mol.